The highest BCUT2D eigenvalue weighted by Gasteiger charge is 2.33. The van der Waals surface area contributed by atoms with E-state index in [2.05, 4.69) is 0 Å². The average molecular weight is 297 g/mol. The number of carbonyl (C=O) groups excluding carboxylic acids is 1. The predicted octanol–water partition coefficient (Wildman–Crippen LogP) is 2.75. The van der Waals surface area contributed by atoms with Crippen molar-refractivity contribution in [2.75, 3.05) is 6.54 Å². The third-order valence-corrected chi connectivity index (χ3v) is 3.61. The van der Waals surface area contributed by atoms with E-state index in [-0.39, 0.29) is 11.8 Å². The lowest BCUT2D eigenvalue weighted by atomic mass is 10.2. The summed E-state index contributed by atoms with van der Waals surface area (Å²) in [5.74, 6) is 0.421. The Labute approximate surface area is 123 Å². The Morgan fingerprint density at radius 3 is 2.53 bits per heavy atom. The molecule has 0 saturated heterocycles. The van der Waals surface area contributed by atoms with Gasteiger partial charge in [0.15, 0.2) is 0 Å². The van der Waals surface area contributed by atoms with Gasteiger partial charge >= 0.3 is 0 Å². The van der Waals surface area contributed by atoms with E-state index in [4.69, 9.17) is 29.6 Å². The van der Waals surface area contributed by atoms with Crippen LogP contribution in [0.4, 0.5) is 0 Å². The van der Waals surface area contributed by atoms with Crippen LogP contribution in [0.2, 0.25) is 5.02 Å². The molecular weight excluding hydrogens is 280 g/mol. The number of hydrogen-bond acceptors (Lipinski definition) is 2. The Kier molecular flexibility index (Phi) is 4.77. The van der Waals surface area contributed by atoms with Crippen LogP contribution in [0.25, 0.3) is 0 Å². The molecule has 102 valence electrons. The van der Waals surface area contributed by atoms with Crippen molar-refractivity contribution in [2.45, 2.75) is 25.8 Å². The summed E-state index contributed by atoms with van der Waals surface area (Å²) in [6.45, 7) is 1.18. The molecule has 19 heavy (non-hydrogen) atoms. The van der Waals surface area contributed by atoms with Crippen molar-refractivity contribution in [3.8, 4) is 0 Å². The molecule has 1 aliphatic carbocycles. The molecule has 0 unspecified atom stereocenters. The van der Waals surface area contributed by atoms with Crippen molar-refractivity contribution in [1.29, 1.82) is 0 Å². The highest BCUT2D eigenvalue weighted by Crippen LogP contribution is 2.31. The number of nitrogens with zero attached hydrogens (tertiary/aromatic N) is 1. The van der Waals surface area contributed by atoms with Crippen LogP contribution < -0.4 is 5.73 Å². The zero-order valence-electron chi connectivity index (χ0n) is 10.6. The lowest BCUT2D eigenvalue weighted by Crippen LogP contribution is -2.34. The number of carbonyl (C=O) groups is 1. The molecule has 1 aromatic rings. The molecule has 0 aromatic heterocycles. The summed E-state index contributed by atoms with van der Waals surface area (Å²) >= 11 is 10.7. The minimum Gasteiger partial charge on any atom is -0.393 e. The summed E-state index contributed by atoms with van der Waals surface area (Å²) in [6.07, 6.45) is 2.58. The van der Waals surface area contributed by atoms with E-state index in [9.17, 15) is 4.79 Å². The summed E-state index contributed by atoms with van der Waals surface area (Å²) in [5, 5.41) is 0.701. The predicted molar refractivity (Wildman–Crippen MR) is 81.0 cm³/mol. The Balaban J connectivity index is 2.01. The lowest BCUT2D eigenvalue weighted by Gasteiger charge is -2.22. The zero-order valence-corrected chi connectivity index (χ0v) is 12.2. The second-order valence-corrected chi connectivity index (χ2v) is 5.84. The summed E-state index contributed by atoms with van der Waals surface area (Å²) < 4.78 is 0. The maximum atomic E-state index is 12.2. The van der Waals surface area contributed by atoms with E-state index in [1.807, 2.05) is 29.2 Å². The van der Waals surface area contributed by atoms with Gasteiger partial charge in [-0.2, -0.15) is 0 Å². The third-order valence-electron chi connectivity index (χ3n) is 3.15. The molecule has 1 saturated carbocycles. The molecule has 0 bridgehead atoms. The number of nitrogens with two attached hydrogens (primary N) is 1. The molecular formula is C14H17ClN2OS. The highest BCUT2D eigenvalue weighted by molar-refractivity contribution is 7.80. The molecule has 1 aliphatic rings. The van der Waals surface area contributed by atoms with Crippen molar-refractivity contribution in [3.63, 3.8) is 0 Å². The van der Waals surface area contributed by atoms with Crippen LogP contribution in [0.1, 0.15) is 24.8 Å². The topological polar surface area (TPSA) is 46.3 Å². The van der Waals surface area contributed by atoms with Gasteiger partial charge in [0.2, 0.25) is 5.91 Å². The van der Waals surface area contributed by atoms with Gasteiger partial charge in [-0.25, -0.2) is 0 Å². The fourth-order valence-corrected chi connectivity index (χ4v) is 2.13. The first-order chi connectivity index (χ1) is 9.06. The van der Waals surface area contributed by atoms with Crippen molar-refractivity contribution < 1.29 is 4.79 Å². The van der Waals surface area contributed by atoms with Gasteiger partial charge in [-0.15, -0.1) is 0 Å². The molecule has 5 heteroatoms. The summed E-state index contributed by atoms with van der Waals surface area (Å²) in [5.41, 5.74) is 6.59. The first kappa shape index (κ1) is 14.3. The van der Waals surface area contributed by atoms with E-state index < -0.39 is 0 Å². The summed E-state index contributed by atoms with van der Waals surface area (Å²) in [7, 11) is 0. The fourth-order valence-electron chi connectivity index (χ4n) is 1.91. The van der Waals surface area contributed by atoms with E-state index in [0.717, 1.165) is 18.4 Å². The van der Waals surface area contributed by atoms with Crippen LogP contribution in [0.15, 0.2) is 24.3 Å². The number of benzene rings is 1. The molecule has 0 heterocycles. The smallest absolute Gasteiger partial charge is 0.225 e. The molecule has 0 spiro atoms. The highest BCUT2D eigenvalue weighted by atomic mass is 35.5. The Morgan fingerprint density at radius 1 is 1.37 bits per heavy atom. The minimum absolute atomic E-state index is 0.207. The first-order valence-electron chi connectivity index (χ1n) is 6.38. The minimum atomic E-state index is 0.207. The standard InChI is InChI=1S/C14H17ClN2OS/c15-12-5-1-10(2-6-12)9-17(8-7-13(16)19)14(18)11-3-4-11/h1-2,5-6,11H,3-4,7-9H2,(H2,16,19). The summed E-state index contributed by atoms with van der Waals surface area (Å²) in [6, 6.07) is 7.56. The molecule has 2 rings (SSSR count). The van der Waals surface area contributed by atoms with Crippen LogP contribution in [0.5, 0.6) is 0 Å². The van der Waals surface area contributed by atoms with Gasteiger partial charge in [0.05, 0.1) is 4.99 Å². The van der Waals surface area contributed by atoms with E-state index in [0.29, 0.717) is 29.5 Å². The SMILES string of the molecule is NC(=S)CCN(Cc1ccc(Cl)cc1)C(=O)C1CC1. The van der Waals surface area contributed by atoms with E-state index >= 15 is 0 Å². The van der Waals surface area contributed by atoms with Crippen LogP contribution in [-0.4, -0.2) is 22.3 Å². The molecule has 0 atom stereocenters. The molecule has 0 aliphatic heterocycles. The first-order valence-corrected chi connectivity index (χ1v) is 7.16. The van der Waals surface area contributed by atoms with Gasteiger partial charge in [-0.3, -0.25) is 4.79 Å². The average Bonchev–Trinajstić information content (AvgIpc) is 3.20. The largest absolute Gasteiger partial charge is 0.393 e. The quantitative estimate of drug-likeness (QED) is 0.821. The number of amides is 1. The maximum absolute atomic E-state index is 12.2. The number of hydrogen-bond donors (Lipinski definition) is 1. The lowest BCUT2D eigenvalue weighted by molar-refractivity contribution is -0.133. The third kappa shape index (κ3) is 4.48. The van der Waals surface area contributed by atoms with Gasteiger partial charge in [0.25, 0.3) is 0 Å². The Bertz CT molecular complexity index is 471. The van der Waals surface area contributed by atoms with Gasteiger partial charge < -0.3 is 10.6 Å². The maximum Gasteiger partial charge on any atom is 0.225 e. The molecule has 3 nitrogen and oxygen atoms in total. The van der Waals surface area contributed by atoms with Gasteiger partial charge in [-0.1, -0.05) is 36.0 Å². The van der Waals surface area contributed by atoms with E-state index in [1.54, 1.807) is 0 Å². The molecule has 1 amide bonds. The van der Waals surface area contributed by atoms with Crippen molar-refractivity contribution in [1.82, 2.24) is 4.90 Å². The van der Waals surface area contributed by atoms with E-state index in [1.165, 1.54) is 0 Å². The Hall–Kier alpha value is -1.13. The number of halogens is 1. The van der Waals surface area contributed by atoms with Crippen molar-refractivity contribution in [2.24, 2.45) is 11.7 Å². The van der Waals surface area contributed by atoms with Crippen LogP contribution in [-0.2, 0) is 11.3 Å². The number of rotatable bonds is 6. The Morgan fingerprint density at radius 2 is 2.00 bits per heavy atom. The fraction of sp³-hybridized carbons (Fsp3) is 0.429. The molecule has 1 fully saturated rings. The van der Waals surface area contributed by atoms with Gasteiger partial charge in [0.1, 0.15) is 0 Å². The summed E-state index contributed by atoms with van der Waals surface area (Å²) in [4.78, 5) is 14.5. The van der Waals surface area contributed by atoms with Crippen molar-refractivity contribution >= 4 is 34.7 Å². The van der Waals surface area contributed by atoms with Gasteiger partial charge in [-0.05, 0) is 30.5 Å². The van der Waals surface area contributed by atoms with Crippen molar-refractivity contribution in [3.05, 3.63) is 34.9 Å². The van der Waals surface area contributed by atoms with Crippen LogP contribution >= 0.6 is 23.8 Å². The monoisotopic (exact) mass is 296 g/mol. The molecule has 0 radical (unpaired) electrons. The van der Waals surface area contributed by atoms with Crippen LogP contribution in [0.3, 0.4) is 0 Å². The zero-order chi connectivity index (χ0) is 13.8. The number of thiocarbonyl (C=S) groups is 1. The molecule has 2 N–H and O–H groups in total. The molecule has 1 aromatic carbocycles. The van der Waals surface area contributed by atoms with Crippen LogP contribution in [0, 0.1) is 5.92 Å². The second kappa shape index (κ2) is 6.35. The van der Waals surface area contributed by atoms with Gasteiger partial charge in [0, 0.05) is 30.5 Å². The normalized spacial score (nSPS) is 14.2. The second-order valence-electron chi connectivity index (χ2n) is 4.88.